The summed E-state index contributed by atoms with van der Waals surface area (Å²) in [6, 6.07) is 7.62. The summed E-state index contributed by atoms with van der Waals surface area (Å²) in [7, 11) is 0. The van der Waals surface area contributed by atoms with E-state index in [1.807, 2.05) is 42.5 Å². The van der Waals surface area contributed by atoms with Crippen molar-refractivity contribution in [3.8, 4) is 0 Å². The van der Waals surface area contributed by atoms with Crippen LogP contribution in [0.15, 0.2) is 34.2 Å². The van der Waals surface area contributed by atoms with Gasteiger partial charge < -0.3 is 4.74 Å². The van der Waals surface area contributed by atoms with Crippen molar-refractivity contribution >= 4 is 28.4 Å². The lowest BCUT2D eigenvalue weighted by Crippen LogP contribution is -2.23. The second-order valence-corrected chi connectivity index (χ2v) is 6.20. The molecule has 0 amide bonds. The Hall–Kier alpha value is -1.86. The van der Waals surface area contributed by atoms with Gasteiger partial charge in [-0.3, -0.25) is 13.8 Å². The van der Waals surface area contributed by atoms with Crippen molar-refractivity contribution in [2.24, 2.45) is 0 Å². The molecular formula is C16H20N4O2S. The van der Waals surface area contributed by atoms with E-state index in [-0.39, 0.29) is 5.56 Å². The van der Waals surface area contributed by atoms with Gasteiger partial charge in [-0.05, 0) is 25.5 Å². The maximum Gasteiger partial charge on any atom is 0.262 e. The lowest BCUT2D eigenvalue weighted by Gasteiger charge is -2.10. The summed E-state index contributed by atoms with van der Waals surface area (Å²) >= 11 is 1.59. The molecule has 0 saturated heterocycles. The number of nitrogens with zero attached hydrogens (tertiary/aromatic N) is 4. The van der Waals surface area contributed by atoms with E-state index in [1.165, 1.54) is 0 Å². The molecule has 2 aromatic heterocycles. The molecule has 3 rings (SSSR count). The average Bonchev–Trinajstić information content (AvgIpc) is 2.99. The van der Waals surface area contributed by atoms with Crippen LogP contribution in [0.4, 0.5) is 0 Å². The number of fused-ring (bicyclic) bond motifs is 3. The first-order valence-corrected chi connectivity index (χ1v) is 8.83. The molecule has 0 bridgehead atoms. The Labute approximate surface area is 138 Å². The van der Waals surface area contributed by atoms with Gasteiger partial charge in [-0.25, -0.2) is 0 Å². The van der Waals surface area contributed by atoms with Crippen LogP contribution < -0.4 is 5.56 Å². The molecule has 6 nitrogen and oxygen atoms in total. The Kier molecular flexibility index (Phi) is 4.97. The van der Waals surface area contributed by atoms with E-state index >= 15 is 0 Å². The summed E-state index contributed by atoms with van der Waals surface area (Å²) < 4.78 is 9.06. The fourth-order valence-corrected chi connectivity index (χ4v) is 3.38. The van der Waals surface area contributed by atoms with Crippen molar-refractivity contribution < 1.29 is 4.74 Å². The summed E-state index contributed by atoms with van der Waals surface area (Å²) in [5.41, 5.74) is 0.844. The van der Waals surface area contributed by atoms with Crippen LogP contribution in [0.3, 0.4) is 0 Å². The molecule has 0 aliphatic rings. The van der Waals surface area contributed by atoms with Crippen LogP contribution in [0.5, 0.6) is 0 Å². The highest BCUT2D eigenvalue weighted by atomic mass is 32.2. The molecule has 0 unspecified atom stereocenters. The number of benzene rings is 1. The third kappa shape index (κ3) is 2.98. The first-order chi connectivity index (χ1) is 11.3. The molecule has 0 fully saturated rings. The van der Waals surface area contributed by atoms with Gasteiger partial charge in [0.05, 0.1) is 17.5 Å². The maximum absolute atomic E-state index is 12.7. The molecule has 1 aromatic carbocycles. The Morgan fingerprint density at radius 1 is 1.22 bits per heavy atom. The second kappa shape index (κ2) is 7.14. The van der Waals surface area contributed by atoms with Gasteiger partial charge in [0.2, 0.25) is 5.78 Å². The van der Waals surface area contributed by atoms with Crippen molar-refractivity contribution in [3.63, 3.8) is 0 Å². The molecule has 2 heterocycles. The van der Waals surface area contributed by atoms with E-state index in [9.17, 15) is 4.79 Å². The minimum Gasteiger partial charge on any atom is -0.381 e. The van der Waals surface area contributed by atoms with Gasteiger partial charge >= 0.3 is 0 Å². The fourth-order valence-electron chi connectivity index (χ4n) is 2.59. The number of para-hydroxylation sites is 1. The van der Waals surface area contributed by atoms with Crippen LogP contribution in [0.2, 0.25) is 0 Å². The Balaban J connectivity index is 2.15. The number of hydrogen-bond donors (Lipinski definition) is 0. The predicted molar refractivity (Wildman–Crippen MR) is 92.3 cm³/mol. The Bertz CT molecular complexity index is 872. The topological polar surface area (TPSA) is 61.4 Å². The molecule has 7 heteroatoms. The number of rotatable bonds is 7. The van der Waals surface area contributed by atoms with E-state index < -0.39 is 0 Å². The van der Waals surface area contributed by atoms with Gasteiger partial charge in [0.1, 0.15) is 0 Å². The quantitative estimate of drug-likeness (QED) is 0.491. The van der Waals surface area contributed by atoms with Crippen molar-refractivity contribution in [2.45, 2.75) is 32.0 Å². The Morgan fingerprint density at radius 3 is 2.83 bits per heavy atom. The maximum atomic E-state index is 12.7. The number of hydrogen-bond acceptors (Lipinski definition) is 5. The van der Waals surface area contributed by atoms with Gasteiger partial charge in [-0.15, -0.1) is 10.2 Å². The molecule has 0 spiro atoms. The van der Waals surface area contributed by atoms with Crippen molar-refractivity contribution in [3.05, 3.63) is 34.6 Å². The number of ether oxygens (including phenoxy) is 1. The third-order valence-electron chi connectivity index (χ3n) is 3.59. The Morgan fingerprint density at radius 2 is 2.04 bits per heavy atom. The van der Waals surface area contributed by atoms with Crippen LogP contribution in [0.1, 0.15) is 20.3 Å². The van der Waals surface area contributed by atoms with Gasteiger partial charge in [0.15, 0.2) is 5.16 Å². The minimum atomic E-state index is -0.00628. The molecule has 0 N–H and O–H groups in total. The monoisotopic (exact) mass is 332 g/mol. The van der Waals surface area contributed by atoms with Crippen LogP contribution in [0, 0.1) is 0 Å². The molecule has 0 saturated carbocycles. The van der Waals surface area contributed by atoms with Gasteiger partial charge in [0.25, 0.3) is 5.56 Å². The van der Waals surface area contributed by atoms with E-state index in [0.717, 1.165) is 22.8 Å². The zero-order valence-electron chi connectivity index (χ0n) is 13.4. The highest BCUT2D eigenvalue weighted by molar-refractivity contribution is 7.99. The van der Waals surface area contributed by atoms with Gasteiger partial charge in [-0.2, -0.15) is 0 Å². The highest BCUT2D eigenvalue weighted by Gasteiger charge is 2.15. The van der Waals surface area contributed by atoms with Gasteiger partial charge in [-0.1, -0.05) is 30.8 Å². The molecule has 0 aliphatic carbocycles. The highest BCUT2D eigenvalue weighted by Crippen LogP contribution is 2.21. The van der Waals surface area contributed by atoms with Crippen LogP contribution in [-0.2, 0) is 11.3 Å². The largest absolute Gasteiger partial charge is 0.381 e. The predicted octanol–water partition coefficient (Wildman–Crippen LogP) is 2.58. The lowest BCUT2D eigenvalue weighted by atomic mass is 10.2. The average molecular weight is 332 g/mol. The zero-order chi connectivity index (χ0) is 16.2. The van der Waals surface area contributed by atoms with Crippen molar-refractivity contribution in [1.82, 2.24) is 19.2 Å². The number of aromatic nitrogens is 4. The number of thioether (sulfide) groups is 1. The standard InChI is InChI=1S/C16H20N4O2S/c1-3-9-19-14(21)12-7-5-6-8-13(12)20-15(19)17-18-16(20)23-11-10-22-4-2/h5-8H,3-4,9-11H2,1-2H3. The first-order valence-electron chi connectivity index (χ1n) is 7.85. The second-order valence-electron chi connectivity index (χ2n) is 5.14. The van der Waals surface area contributed by atoms with Crippen molar-refractivity contribution in [2.75, 3.05) is 19.0 Å². The molecule has 0 aliphatic heterocycles. The first kappa shape index (κ1) is 16.0. The van der Waals surface area contributed by atoms with E-state index in [1.54, 1.807) is 16.3 Å². The molecule has 122 valence electrons. The number of aryl methyl sites for hydroxylation is 1. The molecule has 0 atom stereocenters. The van der Waals surface area contributed by atoms with Crippen molar-refractivity contribution in [1.29, 1.82) is 0 Å². The molecule has 23 heavy (non-hydrogen) atoms. The summed E-state index contributed by atoms with van der Waals surface area (Å²) in [6.45, 7) is 6.04. The molecule has 3 aromatic rings. The normalized spacial score (nSPS) is 11.6. The smallest absolute Gasteiger partial charge is 0.262 e. The summed E-state index contributed by atoms with van der Waals surface area (Å²) in [5, 5.41) is 10.0. The zero-order valence-corrected chi connectivity index (χ0v) is 14.2. The fraction of sp³-hybridized carbons (Fsp3) is 0.438. The summed E-state index contributed by atoms with van der Waals surface area (Å²) in [6.07, 6.45) is 0.869. The molecular weight excluding hydrogens is 312 g/mol. The SMILES string of the molecule is CCCn1c(=O)c2ccccc2n2c(SCCOCC)nnc12. The molecule has 0 radical (unpaired) electrons. The summed E-state index contributed by atoms with van der Waals surface area (Å²) in [4.78, 5) is 12.7. The van der Waals surface area contributed by atoms with E-state index in [4.69, 9.17) is 4.74 Å². The van der Waals surface area contributed by atoms with E-state index in [2.05, 4.69) is 10.2 Å². The lowest BCUT2D eigenvalue weighted by molar-refractivity contribution is 0.164. The van der Waals surface area contributed by atoms with Gasteiger partial charge in [0, 0.05) is 18.9 Å². The van der Waals surface area contributed by atoms with Crippen LogP contribution >= 0.6 is 11.8 Å². The minimum absolute atomic E-state index is 0.00628. The van der Waals surface area contributed by atoms with E-state index in [0.29, 0.717) is 30.9 Å². The third-order valence-corrected chi connectivity index (χ3v) is 4.48. The van der Waals surface area contributed by atoms with Crippen LogP contribution in [0.25, 0.3) is 16.7 Å². The summed E-state index contributed by atoms with van der Waals surface area (Å²) in [5.74, 6) is 1.41. The van der Waals surface area contributed by atoms with Crippen LogP contribution in [-0.4, -0.2) is 38.1 Å².